The number of ether oxygens (including phenoxy) is 1. The molecule has 0 bridgehead atoms. The average Bonchev–Trinajstić information content (AvgIpc) is 3.19. The highest BCUT2D eigenvalue weighted by Crippen LogP contribution is 2.35. The number of rotatable bonds is 4. The maximum Gasteiger partial charge on any atom is 0.285 e. The van der Waals surface area contributed by atoms with E-state index in [-0.39, 0.29) is 11.7 Å². The summed E-state index contributed by atoms with van der Waals surface area (Å²) in [4.78, 5) is 17.7. The molecule has 0 aliphatic carbocycles. The van der Waals surface area contributed by atoms with Crippen LogP contribution < -0.4 is 10.2 Å². The van der Waals surface area contributed by atoms with Crippen molar-refractivity contribution in [1.82, 2.24) is 9.99 Å². The Labute approximate surface area is 168 Å². The minimum absolute atomic E-state index is 0.0414. The Morgan fingerprint density at radius 2 is 2.11 bits per heavy atom. The number of anilines is 1. The molecule has 3 aromatic rings. The molecular weight excluding hydrogens is 402 g/mol. The molecule has 2 N–H and O–H groups in total. The molecule has 0 radical (unpaired) electrons. The number of phenolic OH excluding ortho intramolecular Hbond substituents is 1. The van der Waals surface area contributed by atoms with E-state index in [1.54, 1.807) is 18.2 Å². The molecule has 2 aromatic carbocycles. The molecule has 6 nitrogen and oxygen atoms in total. The number of para-hydroxylation sites is 1. The van der Waals surface area contributed by atoms with Crippen LogP contribution >= 0.6 is 35.3 Å². The molecular formula is C18H13N3O3S3. The molecule has 1 fully saturated rings. The molecule has 0 spiro atoms. The zero-order chi connectivity index (χ0) is 19.0. The van der Waals surface area contributed by atoms with Crippen molar-refractivity contribution in [2.24, 2.45) is 0 Å². The van der Waals surface area contributed by atoms with Gasteiger partial charge < -0.3 is 9.84 Å². The predicted octanol–water partition coefficient (Wildman–Crippen LogP) is 4.24. The smallest absolute Gasteiger partial charge is 0.285 e. The van der Waals surface area contributed by atoms with Crippen LogP contribution in [-0.4, -0.2) is 32.4 Å². The summed E-state index contributed by atoms with van der Waals surface area (Å²) in [5, 5.41) is 11.6. The number of benzene rings is 2. The van der Waals surface area contributed by atoms with Gasteiger partial charge in [0.25, 0.3) is 5.91 Å². The van der Waals surface area contributed by atoms with Gasteiger partial charge in [-0.2, -0.15) is 5.01 Å². The molecule has 1 aliphatic heterocycles. The maximum atomic E-state index is 12.7. The lowest BCUT2D eigenvalue weighted by Gasteiger charge is -2.14. The number of hydrogen-bond acceptors (Lipinski definition) is 8. The first-order valence-electron chi connectivity index (χ1n) is 7.82. The van der Waals surface area contributed by atoms with E-state index in [1.165, 1.54) is 41.3 Å². The molecule has 0 atom stereocenters. The van der Waals surface area contributed by atoms with Crippen molar-refractivity contribution in [3.8, 4) is 11.5 Å². The number of carbonyl (C=O) groups is 1. The Balaban J connectivity index is 1.58. The summed E-state index contributed by atoms with van der Waals surface area (Å²) >= 11 is 7.99. The van der Waals surface area contributed by atoms with Gasteiger partial charge in [-0.05, 0) is 48.1 Å². The van der Waals surface area contributed by atoms with Crippen molar-refractivity contribution < 1.29 is 14.6 Å². The van der Waals surface area contributed by atoms with Crippen LogP contribution in [0.15, 0.2) is 47.4 Å². The molecule has 2 heterocycles. The molecule has 136 valence electrons. The molecule has 0 saturated carbocycles. The van der Waals surface area contributed by atoms with E-state index in [4.69, 9.17) is 17.0 Å². The standard InChI is InChI=1S/C18H13N3O3S3/c1-24-13-8-10(6-7-12(13)22)9-15-16(23)21(18(25)27-15)20-17-19-11-4-2-3-5-14(11)26-17/h2-9,22H,1H3,(H,19,20)/b15-9-. The third-order valence-electron chi connectivity index (χ3n) is 3.80. The first-order valence-corrected chi connectivity index (χ1v) is 9.86. The number of fused-ring (bicyclic) bond motifs is 1. The summed E-state index contributed by atoms with van der Waals surface area (Å²) in [5.41, 5.74) is 4.59. The third-order valence-corrected chi connectivity index (χ3v) is 6.04. The molecule has 27 heavy (non-hydrogen) atoms. The monoisotopic (exact) mass is 415 g/mol. The van der Waals surface area contributed by atoms with Crippen molar-refractivity contribution in [1.29, 1.82) is 0 Å². The first kappa shape index (κ1) is 17.8. The summed E-state index contributed by atoms with van der Waals surface area (Å²) < 4.78 is 6.53. The number of hydrazine groups is 1. The third kappa shape index (κ3) is 3.48. The fraction of sp³-hybridized carbons (Fsp3) is 0.0556. The molecule has 1 amide bonds. The molecule has 4 rings (SSSR count). The lowest BCUT2D eigenvalue weighted by atomic mass is 10.2. The number of hydrogen-bond donors (Lipinski definition) is 2. The number of aromatic hydroxyl groups is 1. The number of thioether (sulfide) groups is 1. The molecule has 0 unspecified atom stereocenters. The number of carbonyl (C=O) groups excluding carboxylic acids is 1. The summed E-state index contributed by atoms with van der Waals surface area (Å²) in [5.74, 6) is 0.128. The second kappa shape index (κ2) is 7.18. The molecule has 1 saturated heterocycles. The van der Waals surface area contributed by atoms with Crippen LogP contribution in [0.2, 0.25) is 0 Å². The van der Waals surface area contributed by atoms with Crippen LogP contribution in [0.3, 0.4) is 0 Å². The van der Waals surface area contributed by atoms with Crippen LogP contribution in [0, 0.1) is 0 Å². The Kier molecular flexibility index (Phi) is 4.73. The Morgan fingerprint density at radius 3 is 2.89 bits per heavy atom. The largest absolute Gasteiger partial charge is 0.504 e. The van der Waals surface area contributed by atoms with E-state index < -0.39 is 0 Å². The predicted molar refractivity (Wildman–Crippen MR) is 113 cm³/mol. The number of phenols is 1. The van der Waals surface area contributed by atoms with Gasteiger partial charge in [0.1, 0.15) is 0 Å². The van der Waals surface area contributed by atoms with E-state index >= 15 is 0 Å². The lowest BCUT2D eigenvalue weighted by Crippen LogP contribution is -2.33. The number of methoxy groups -OCH3 is 1. The van der Waals surface area contributed by atoms with Gasteiger partial charge in [0, 0.05) is 0 Å². The highest BCUT2D eigenvalue weighted by molar-refractivity contribution is 8.26. The van der Waals surface area contributed by atoms with Gasteiger partial charge in [-0.25, -0.2) is 4.98 Å². The van der Waals surface area contributed by atoms with Gasteiger partial charge in [-0.15, -0.1) is 0 Å². The van der Waals surface area contributed by atoms with Gasteiger partial charge in [-0.3, -0.25) is 10.2 Å². The first-order chi connectivity index (χ1) is 13.0. The highest BCUT2D eigenvalue weighted by Gasteiger charge is 2.33. The molecule has 1 aromatic heterocycles. The average molecular weight is 416 g/mol. The van der Waals surface area contributed by atoms with Crippen molar-refractivity contribution in [3.63, 3.8) is 0 Å². The Hall–Kier alpha value is -2.62. The van der Waals surface area contributed by atoms with Gasteiger partial charge in [0.2, 0.25) is 5.13 Å². The normalized spacial score (nSPS) is 15.7. The van der Waals surface area contributed by atoms with E-state index in [9.17, 15) is 9.90 Å². The van der Waals surface area contributed by atoms with Crippen LogP contribution in [0.1, 0.15) is 5.56 Å². The highest BCUT2D eigenvalue weighted by atomic mass is 32.2. The van der Waals surface area contributed by atoms with Crippen LogP contribution in [0.4, 0.5) is 5.13 Å². The van der Waals surface area contributed by atoms with Gasteiger partial charge in [0.05, 0.1) is 22.2 Å². The van der Waals surface area contributed by atoms with Crippen LogP contribution in [0.25, 0.3) is 16.3 Å². The SMILES string of the molecule is COc1cc(/C=C2\SC(=S)N(Nc3nc4ccccc4s3)C2=O)ccc1O. The van der Waals surface area contributed by atoms with E-state index in [0.29, 0.717) is 20.1 Å². The summed E-state index contributed by atoms with van der Waals surface area (Å²) in [7, 11) is 1.47. The summed E-state index contributed by atoms with van der Waals surface area (Å²) in [6.45, 7) is 0. The number of thiazole rings is 1. The maximum absolute atomic E-state index is 12.7. The van der Waals surface area contributed by atoms with Crippen molar-refractivity contribution >= 4 is 67.0 Å². The quantitative estimate of drug-likeness (QED) is 0.488. The minimum Gasteiger partial charge on any atom is -0.504 e. The van der Waals surface area contributed by atoms with Gasteiger partial charge in [0.15, 0.2) is 15.8 Å². The van der Waals surface area contributed by atoms with Crippen molar-refractivity contribution in [2.45, 2.75) is 0 Å². The number of thiocarbonyl (C=S) groups is 1. The van der Waals surface area contributed by atoms with E-state index in [2.05, 4.69) is 10.4 Å². The van der Waals surface area contributed by atoms with Crippen molar-refractivity contribution in [3.05, 3.63) is 52.9 Å². The number of nitrogens with zero attached hydrogens (tertiary/aromatic N) is 2. The Bertz CT molecular complexity index is 1060. The Morgan fingerprint density at radius 1 is 1.30 bits per heavy atom. The lowest BCUT2D eigenvalue weighted by molar-refractivity contribution is -0.121. The van der Waals surface area contributed by atoms with Crippen LogP contribution in [0.5, 0.6) is 11.5 Å². The summed E-state index contributed by atoms with van der Waals surface area (Å²) in [6.07, 6.45) is 1.71. The zero-order valence-electron chi connectivity index (χ0n) is 14.0. The fourth-order valence-corrected chi connectivity index (χ4v) is 4.55. The second-order valence-corrected chi connectivity index (χ2v) is 8.25. The fourth-order valence-electron chi connectivity index (χ4n) is 2.52. The van der Waals surface area contributed by atoms with Crippen molar-refractivity contribution in [2.75, 3.05) is 12.5 Å². The van der Waals surface area contributed by atoms with Crippen LogP contribution in [-0.2, 0) is 4.79 Å². The molecule has 9 heteroatoms. The van der Waals surface area contributed by atoms with Gasteiger partial charge >= 0.3 is 0 Å². The van der Waals surface area contributed by atoms with E-state index in [1.807, 2.05) is 24.3 Å². The topological polar surface area (TPSA) is 74.7 Å². The zero-order valence-corrected chi connectivity index (χ0v) is 16.5. The molecule has 1 aliphatic rings. The number of amides is 1. The summed E-state index contributed by atoms with van der Waals surface area (Å²) in [6, 6.07) is 12.6. The number of nitrogens with one attached hydrogen (secondary N) is 1. The number of aromatic nitrogens is 1. The van der Waals surface area contributed by atoms with Gasteiger partial charge in [-0.1, -0.05) is 41.3 Å². The second-order valence-electron chi connectivity index (χ2n) is 5.55. The van der Waals surface area contributed by atoms with E-state index in [0.717, 1.165) is 15.8 Å². The minimum atomic E-state index is -0.253.